The molecule has 5 aliphatic rings. The van der Waals surface area contributed by atoms with Crippen molar-refractivity contribution in [1.82, 2.24) is 20.5 Å². The Hall–Kier alpha value is -6.96. The summed E-state index contributed by atoms with van der Waals surface area (Å²) in [6, 6.07) is 15.5. The quantitative estimate of drug-likeness (QED) is 0.0655. The van der Waals surface area contributed by atoms with E-state index in [1.165, 1.54) is 45.4 Å². The van der Waals surface area contributed by atoms with Crippen molar-refractivity contribution in [2.45, 2.75) is 91.5 Å². The lowest BCUT2D eigenvalue weighted by Crippen LogP contribution is -2.41. The maximum Gasteiger partial charge on any atom is 0.336 e. The van der Waals surface area contributed by atoms with Gasteiger partial charge in [-0.3, -0.25) is 14.9 Å². The molecule has 0 aliphatic carbocycles. The second-order valence-corrected chi connectivity index (χ2v) is 19.1. The summed E-state index contributed by atoms with van der Waals surface area (Å²) >= 11 is 0. The van der Waals surface area contributed by atoms with E-state index in [4.69, 9.17) is 16.2 Å². The molecule has 0 saturated heterocycles. The van der Waals surface area contributed by atoms with Gasteiger partial charge in [-0.2, -0.15) is 0 Å². The molecule has 9 rings (SSSR count). The van der Waals surface area contributed by atoms with Gasteiger partial charge >= 0.3 is 12.0 Å². The fourth-order valence-corrected chi connectivity index (χ4v) is 10.2. The lowest BCUT2D eigenvalue weighted by molar-refractivity contribution is -0.120. The summed E-state index contributed by atoms with van der Waals surface area (Å²) in [4.78, 5) is 59.2. The molecule has 0 spiro atoms. The van der Waals surface area contributed by atoms with E-state index in [1.54, 1.807) is 30.3 Å². The molecule has 0 radical (unpaired) electrons. The number of carboxylic acid groups (broad SMARTS) is 1. The number of carboxylic acids is 1. The number of carbonyl (C=O) groups excluding carboxylic acids is 3. The molecule has 0 unspecified atom stereocenters. The number of aryl methyl sites for hydroxylation is 2. The van der Waals surface area contributed by atoms with Gasteiger partial charge in [-0.05, 0) is 111 Å². The predicted octanol–water partition coefficient (Wildman–Crippen LogP) is 5.23. The predicted molar refractivity (Wildman–Crippen MR) is 255 cm³/mol. The number of rotatable bonds is 9. The molecule has 0 aromatic heterocycles. The van der Waals surface area contributed by atoms with Crippen molar-refractivity contribution in [2.75, 3.05) is 37.6 Å². The largest absolute Gasteiger partial charge is 0.478 e. The van der Waals surface area contributed by atoms with Gasteiger partial charge in [-0.15, -0.1) is 0 Å². The van der Waals surface area contributed by atoms with Crippen molar-refractivity contribution in [2.24, 2.45) is 21.9 Å². The van der Waals surface area contributed by atoms with E-state index < -0.39 is 23.8 Å². The van der Waals surface area contributed by atoms with Crippen LogP contribution in [0.2, 0.25) is 0 Å². The molecular weight excluding hydrogens is 833 g/mol. The Kier molecular flexibility index (Phi) is 12.2. The van der Waals surface area contributed by atoms with Crippen molar-refractivity contribution >= 4 is 46.6 Å². The van der Waals surface area contributed by atoms with Crippen LogP contribution in [-0.4, -0.2) is 67.5 Å². The topological polar surface area (TPSA) is 204 Å². The summed E-state index contributed by atoms with van der Waals surface area (Å²) in [5.41, 5.74) is 21.6. The molecule has 342 valence electrons. The van der Waals surface area contributed by atoms with Crippen molar-refractivity contribution in [3.63, 3.8) is 0 Å². The summed E-state index contributed by atoms with van der Waals surface area (Å²) in [6.45, 7) is 9.65. The number of anilines is 1. The number of urea groups is 1. The van der Waals surface area contributed by atoms with E-state index in [-0.39, 0.29) is 35.5 Å². The fourth-order valence-electron chi connectivity index (χ4n) is 10.2. The molecule has 66 heavy (non-hydrogen) atoms. The van der Waals surface area contributed by atoms with Crippen molar-refractivity contribution in [3.8, 4) is 11.5 Å². The van der Waals surface area contributed by atoms with Gasteiger partial charge in [0.15, 0.2) is 0 Å². The van der Waals surface area contributed by atoms with E-state index in [1.807, 2.05) is 26.8 Å². The maximum atomic E-state index is 14.0. The third-order valence-electron chi connectivity index (χ3n) is 13.4. The second kappa shape index (κ2) is 18.1. The number of hydrogen-bond acceptors (Lipinski definition) is 8. The number of carbonyl (C=O) groups is 4. The zero-order chi connectivity index (χ0) is 46.3. The normalized spacial score (nSPS) is 16.6. The van der Waals surface area contributed by atoms with E-state index in [0.29, 0.717) is 16.9 Å². The van der Waals surface area contributed by atoms with Crippen LogP contribution in [0.15, 0.2) is 71.4 Å². The van der Waals surface area contributed by atoms with Gasteiger partial charge < -0.3 is 36.8 Å². The van der Waals surface area contributed by atoms with Crippen molar-refractivity contribution < 1.29 is 29.0 Å². The average Bonchev–Trinajstić information content (AvgIpc) is 3.63. The summed E-state index contributed by atoms with van der Waals surface area (Å²) < 4.78 is 9.75. The van der Waals surface area contributed by atoms with Crippen LogP contribution in [0, 0.1) is 5.41 Å². The first kappa shape index (κ1) is 44.3. The number of fused-ring (bicyclic) bond motifs is 4. The first-order chi connectivity index (χ1) is 31.7. The molecule has 4 aromatic rings. The number of aliphatic imine (C=N–C) groups is 1. The Morgan fingerprint density at radius 1 is 0.833 bits per heavy atom. The number of amidine groups is 1. The Bertz CT molecular complexity index is 2890. The van der Waals surface area contributed by atoms with Gasteiger partial charge in [0, 0.05) is 88.4 Å². The Morgan fingerprint density at radius 2 is 1.61 bits per heavy atom. The molecule has 14 heteroatoms. The standard InChI is InChI=1S/C52H58N8O6/c1-52(2,3)41(53)27-42(58-51(54)65)57-34-14-8-11-30(23-34)28-55-43(61)29-56-49(62)33-17-18-35(50(63)64)38(26-33)44-39-24-31-12-4-6-19-59-21-9-15-36(45(31)59)47(39)66-48-37-16-10-22-60-20-7-5-13-32(46(37)60)25-40(44)48/h8,11,14,17-18,23-27H,4-7,9-10,12-13,15-16,19-22,28-29H2,1-3H3,(H7-,53,54,55,56,57,58,61,62,63,64,65)/p+1. The molecule has 5 heterocycles. The molecular formula is C52H59N8O6+. The van der Waals surface area contributed by atoms with Gasteiger partial charge in [0.05, 0.1) is 23.4 Å². The zero-order valence-electron chi connectivity index (χ0n) is 38.1. The summed E-state index contributed by atoms with van der Waals surface area (Å²) in [5.74, 6) is -0.253. The van der Waals surface area contributed by atoms with E-state index in [0.717, 1.165) is 124 Å². The monoisotopic (exact) mass is 891 g/mol. The number of primary amides is 1. The third-order valence-corrected chi connectivity index (χ3v) is 13.4. The lowest BCUT2D eigenvalue weighted by atomic mass is 9.82. The smallest absolute Gasteiger partial charge is 0.336 e. The van der Waals surface area contributed by atoms with Crippen LogP contribution in [0.25, 0.3) is 5.57 Å². The lowest BCUT2D eigenvalue weighted by Gasteiger charge is -2.35. The second-order valence-electron chi connectivity index (χ2n) is 19.1. The summed E-state index contributed by atoms with van der Waals surface area (Å²) in [7, 11) is 0. The van der Waals surface area contributed by atoms with Crippen molar-refractivity contribution in [3.05, 3.63) is 127 Å². The van der Waals surface area contributed by atoms with Crippen molar-refractivity contribution in [1.29, 1.82) is 0 Å². The van der Waals surface area contributed by atoms with Crippen LogP contribution in [0.5, 0.6) is 11.5 Å². The molecule has 4 amide bonds. The van der Waals surface area contributed by atoms with Gasteiger partial charge in [-0.25, -0.2) is 19.2 Å². The highest BCUT2D eigenvalue weighted by Crippen LogP contribution is 2.48. The molecule has 0 bridgehead atoms. The molecule has 0 atom stereocenters. The van der Waals surface area contributed by atoms with Gasteiger partial charge in [0.25, 0.3) is 5.91 Å². The first-order valence-corrected chi connectivity index (χ1v) is 23.3. The number of nitrogens with one attached hydrogen (secondary N) is 3. The highest BCUT2D eigenvalue weighted by molar-refractivity contribution is 6.05. The minimum atomic E-state index is -1.09. The SMILES string of the molecule is CC(C)(C)C(N)=CC(=Nc1cccc(CNC(=O)CNC(=O)c2ccc(C(=O)O)c(C3=c4cc5c6c(c4Oc4c3cc3c7c4CCCN7CCCC3)CCC[N+]=6CCCC5)c2)c1)NC(N)=O. The molecule has 5 aliphatic heterocycles. The molecule has 8 N–H and O–H groups in total. The minimum absolute atomic E-state index is 0.0892. The van der Waals surface area contributed by atoms with Crippen LogP contribution < -0.4 is 52.2 Å². The number of ether oxygens (including phenoxy) is 1. The zero-order valence-corrected chi connectivity index (χ0v) is 38.1. The van der Waals surface area contributed by atoms with Crippen LogP contribution in [0.3, 0.4) is 0 Å². The fraction of sp³-hybridized carbons (Fsp3) is 0.385. The van der Waals surface area contributed by atoms with Gasteiger partial charge in [0.2, 0.25) is 11.3 Å². The van der Waals surface area contributed by atoms with E-state index in [9.17, 15) is 24.3 Å². The van der Waals surface area contributed by atoms with E-state index >= 15 is 0 Å². The highest BCUT2D eigenvalue weighted by Gasteiger charge is 2.36. The van der Waals surface area contributed by atoms with Crippen LogP contribution in [0.1, 0.15) is 119 Å². The Balaban J connectivity index is 1.04. The molecule has 0 fully saturated rings. The molecule has 14 nitrogen and oxygen atoms in total. The number of benzene rings is 4. The van der Waals surface area contributed by atoms with Gasteiger partial charge in [0.1, 0.15) is 30.4 Å². The Morgan fingerprint density at radius 3 is 2.41 bits per heavy atom. The summed E-state index contributed by atoms with van der Waals surface area (Å²) in [5, 5.41) is 21.1. The number of amides is 4. The number of allylic oxidation sites excluding steroid dienone is 1. The first-order valence-electron chi connectivity index (χ1n) is 23.3. The van der Waals surface area contributed by atoms with Crippen LogP contribution >= 0.6 is 0 Å². The highest BCUT2D eigenvalue weighted by atomic mass is 16.5. The Labute approximate surface area is 384 Å². The number of aromatic carboxylic acids is 1. The minimum Gasteiger partial charge on any atom is -0.478 e. The van der Waals surface area contributed by atoms with Gasteiger partial charge in [-0.1, -0.05) is 32.9 Å². The third kappa shape index (κ3) is 8.88. The molecule has 4 aromatic carbocycles. The number of hydrogen-bond donors (Lipinski definition) is 6. The maximum absolute atomic E-state index is 14.0. The number of nitrogens with zero attached hydrogens (tertiary/aromatic N) is 3. The molecule has 0 saturated carbocycles. The van der Waals surface area contributed by atoms with E-state index in [2.05, 4.69) is 42.6 Å². The summed E-state index contributed by atoms with van der Waals surface area (Å²) in [6.07, 6.45) is 11.5. The van der Waals surface area contributed by atoms with Crippen LogP contribution in [-0.2, 0) is 37.0 Å². The number of nitrogens with two attached hydrogens (primary N) is 2. The average molecular weight is 892 g/mol. The van der Waals surface area contributed by atoms with Crippen LogP contribution in [0.4, 0.5) is 16.2 Å².